The van der Waals surface area contributed by atoms with E-state index in [1.165, 1.54) is 12.1 Å². The number of aromatic nitrogens is 3. The predicted molar refractivity (Wildman–Crippen MR) is 70.3 cm³/mol. The normalized spacial score (nSPS) is 10.8. The summed E-state index contributed by atoms with van der Waals surface area (Å²) in [7, 11) is 0. The molecule has 2 heterocycles. The lowest BCUT2D eigenvalue weighted by Gasteiger charge is -2.02. The van der Waals surface area contributed by atoms with Gasteiger partial charge in [0.05, 0.1) is 16.6 Å². The number of aryl methyl sites for hydroxylation is 1. The predicted octanol–water partition coefficient (Wildman–Crippen LogP) is 2.64. The molecule has 0 amide bonds. The van der Waals surface area contributed by atoms with Gasteiger partial charge in [-0.15, -0.1) is 0 Å². The van der Waals surface area contributed by atoms with Crippen LogP contribution in [0.1, 0.15) is 5.56 Å². The van der Waals surface area contributed by atoms with Crippen LogP contribution < -0.4 is 0 Å². The molecule has 0 aliphatic heterocycles. The molecule has 2 aromatic heterocycles. The van der Waals surface area contributed by atoms with Crippen LogP contribution in [0.4, 0.5) is 5.69 Å². The Labute approximate surface area is 108 Å². The maximum atomic E-state index is 10.7. The van der Waals surface area contributed by atoms with E-state index in [9.17, 15) is 10.1 Å². The molecule has 0 saturated heterocycles. The number of nitro groups is 1. The Kier molecular flexibility index (Phi) is 2.49. The van der Waals surface area contributed by atoms with Gasteiger partial charge in [-0.3, -0.25) is 10.1 Å². The van der Waals surface area contributed by atoms with E-state index in [4.69, 9.17) is 0 Å². The van der Waals surface area contributed by atoms with Crippen molar-refractivity contribution in [3.8, 4) is 5.82 Å². The highest BCUT2D eigenvalue weighted by atomic mass is 16.6. The first kappa shape index (κ1) is 11.3. The topological polar surface area (TPSA) is 73.8 Å². The molecule has 0 aliphatic carbocycles. The first-order chi connectivity index (χ1) is 9.15. The summed E-state index contributed by atoms with van der Waals surface area (Å²) in [6.45, 7) is 1.96. The minimum atomic E-state index is -0.416. The number of hydrogen-bond donors (Lipinski definition) is 0. The Bertz CT molecular complexity index is 762. The average Bonchev–Trinajstić information content (AvgIpc) is 2.82. The molecule has 0 saturated carbocycles. The molecule has 0 fully saturated rings. The highest BCUT2D eigenvalue weighted by Crippen LogP contribution is 2.22. The highest BCUT2D eigenvalue weighted by Gasteiger charge is 2.10. The first-order valence-corrected chi connectivity index (χ1v) is 5.70. The van der Waals surface area contributed by atoms with Gasteiger partial charge in [-0.05, 0) is 24.6 Å². The molecule has 0 radical (unpaired) electrons. The second-order valence-electron chi connectivity index (χ2n) is 4.25. The van der Waals surface area contributed by atoms with Gasteiger partial charge in [0, 0.05) is 23.7 Å². The maximum absolute atomic E-state index is 10.7. The Morgan fingerprint density at radius 2 is 2.05 bits per heavy atom. The summed E-state index contributed by atoms with van der Waals surface area (Å²) < 4.78 is 1.67. The molecule has 0 aliphatic rings. The van der Waals surface area contributed by atoms with Crippen molar-refractivity contribution in [3.63, 3.8) is 0 Å². The van der Waals surface area contributed by atoms with Gasteiger partial charge in [-0.1, -0.05) is 6.07 Å². The third-order valence-electron chi connectivity index (χ3n) is 2.88. The summed E-state index contributed by atoms with van der Waals surface area (Å²) in [5.74, 6) is 0.689. The van der Waals surface area contributed by atoms with Gasteiger partial charge in [0.15, 0.2) is 5.82 Å². The van der Waals surface area contributed by atoms with Gasteiger partial charge in [-0.25, -0.2) is 9.67 Å². The average molecular weight is 254 g/mol. The minimum Gasteiger partial charge on any atom is -0.258 e. The minimum absolute atomic E-state index is 0.0592. The lowest BCUT2D eigenvalue weighted by Crippen LogP contribution is -1.99. The van der Waals surface area contributed by atoms with E-state index in [1.807, 2.05) is 19.1 Å². The highest BCUT2D eigenvalue weighted by molar-refractivity contribution is 5.82. The molecular formula is C13H10N4O2. The zero-order chi connectivity index (χ0) is 13.4. The number of pyridine rings is 1. The number of fused-ring (bicyclic) bond motifs is 1. The lowest BCUT2D eigenvalue weighted by molar-refractivity contribution is -0.384. The van der Waals surface area contributed by atoms with Gasteiger partial charge in [0.2, 0.25) is 0 Å². The molecule has 6 nitrogen and oxygen atoms in total. The van der Waals surface area contributed by atoms with E-state index in [0.29, 0.717) is 5.82 Å². The summed E-state index contributed by atoms with van der Waals surface area (Å²) in [6, 6.07) is 8.47. The van der Waals surface area contributed by atoms with Crippen LogP contribution in [-0.2, 0) is 0 Å². The number of nitro benzene ring substituents is 1. The zero-order valence-corrected chi connectivity index (χ0v) is 10.1. The smallest absolute Gasteiger partial charge is 0.258 e. The van der Waals surface area contributed by atoms with Crippen molar-refractivity contribution in [3.05, 3.63) is 58.4 Å². The molecule has 94 valence electrons. The van der Waals surface area contributed by atoms with E-state index in [2.05, 4.69) is 10.1 Å². The van der Waals surface area contributed by atoms with Crippen LogP contribution in [-0.4, -0.2) is 19.7 Å². The fourth-order valence-electron chi connectivity index (χ4n) is 1.90. The summed E-state index contributed by atoms with van der Waals surface area (Å²) >= 11 is 0. The van der Waals surface area contributed by atoms with Gasteiger partial charge in [-0.2, -0.15) is 5.10 Å². The van der Waals surface area contributed by atoms with Crippen LogP contribution >= 0.6 is 0 Å². The van der Waals surface area contributed by atoms with E-state index in [1.54, 1.807) is 23.1 Å². The van der Waals surface area contributed by atoms with Gasteiger partial charge in [0.25, 0.3) is 5.69 Å². The van der Waals surface area contributed by atoms with Crippen molar-refractivity contribution in [1.29, 1.82) is 0 Å². The van der Waals surface area contributed by atoms with E-state index >= 15 is 0 Å². The third kappa shape index (κ3) is 1.93. The van der Waals surface area contributed by atoms with Crippen molar-refractivity contribution in [2.75, 3.05) is 0 Å². The standard InChI is InChI=1S/C13H10N4O2/c1-9-2-5-13(14-7-9)16-12-4-3-11(17(18)19)6-10(12)8-15-16/h2-8H,1H3. The van der Waals surface area contributed by atoms with Crippen molar-refractivity contribution in [2.24, 2.45) is 0 Å². The lowest BCUT2D eigenvalue weighted by atomic mass is 10.2. The summed E-state index contributed by atoms with van der Waals surface area (Å²) in [5, 5.41) is 15.7. The second kappa shape index (κ2) is 4.16. The van der Waals surface area contributed by atoms with Crippen LogP contribution in [0.2, 0.25) is 0 Å². The van der Waals surface area contributed by atoms with Crippen LogP contribution in [0.5, 0.6) is 0 Å². The molecule has 0 bridgehead atoms. The van der Waals surface area contributed by atoms with Crippen LogP contribution in [0.25, 0.3) is 16.7 Å². The SMILES string of the molecule is Cc1ccc(-n2ncc3cc([N+](=O)[O-])ccc32)nc1. The van der Waals surface area contributed by atoms with Crippen molar-refractivity contribution >= 4 is 16.6 Å². The van der Waals surface area contributed by atoms with Crippen LogP contribution in [0.3, 0.4) is 0 Å². The number of benzene rings is 1. The Balaban J connectivity index is 2.15. The summed E-state index contributed by atoms with van der Waals surface area (Å²) in [5.41, 5.74) is 1.92. The first-order valence-electron chi connectivity index (χ1n) is 5.70. The summed E-state index contributed by atoms with van der Waals surface area (Å²) in [4.78, 5) is 14.6. The second-order valence-corrected chi connectivity index (χ2v) is 4.25. The number of hydrogen-bond acceptors (Lipinski definition) is 4. The molecule has 0 N–H and O–H groups in total. The van der Waals surface area contributed by atoms with Crippen molar-refractivity contribution < 1.29 is 4.92 Å². The molecule has 3 rings (SSSR count). The molecule has 19 heavy (non-hydrogen) atoms. The van der Waals surface area contributed by atoms with E-state index < -0.39 is 4.92 Å². The van der Waals surface area contributed by atoms with Crippen LogP contribution in [0, 0.1) is 17.0 Å². The van der Waals surface area contributed by atoms with E-state index in [-0.39, 0.29) is 5.69 Å². The molecule has 0 spiro atoms. The van der Waals surface area contributed by atoms with Gasteiger partial charge < -0.3 is 0 Å². The fraction of sp³-hybridized carbons (Fsp3) is 0.0769. The van der Waals surface area contributed by atoms with Crippen molar-refractivity contribution in [1.82, 2.24) is 14.8 Å². The number of non-ortho nitro benzene ring substituents is 1. The Hall–Kier alpha value is -2.76. The Morgan fingerprint density at radius 1 is 1.21 bits per heavy atom. The summed E-state index contributed by atoms with van der Waals surface area (Å²) in [6.07, 6.45) is 3.36. The number of nitrogens with zero attached hydrogens (tertiary/aromatic N) is 4. The molecule has 0 atom stereocenters. The Morgan fingerprint density at radius 3 is 2.74 bits per heavy atom. The molecular weight excluding hydrogens is 244 g/mol. The fourth-order valence-corrected chi connectivity index (χ4v) is 1.90. The molecule has 1 aromatic carbocycles. The zero-order valence-electron chi connectivity index (χ0n) is 10.1. The van der Waals surface area contributed by atoms with Crippen molar-refractivity contribution in [2.45, 2.75) is 6.92 Å². The maximum Gasteiger partial charge on any atom is 0.270 e. The van der Waals surface area contributed by atoms with Gasteiger partial charge in [0.1, 0.15) is 0 Å². The number of rotatable bonds is 2. The molecule has 3 aromatic rings. The largest absolute Gasteiger partial charge is 0.270 e. The van der Waals surface area contributed by atoms with E-state index in [0.717, 1.165) is 16.5 Å². The monoisotopic (exact) mass is 254 g/mol. The van der Waals surface area contributed by atoms with Gasteiger partial charge >= 0.3 is 0 Å². The van der Waals surface area contributed by atoms with Crippen LogP contribution in [0.15, 0.2) is 42.7 Å². The molecule has 6 heteroatoms. The third-order valence-corrected chi connectivity index (χ3v) is 2.88. The quantitative estimate of drug-likeness (QED) is 0.520. The molecule has 0 unspecified atom stereocenters.